The van der Waals surface area contributed by atoms with Crippen LogP contribution < -0.4 is 0 Å². The van der Waals surface area contributed by atoms with Gasteiger partial charge in [-0.3, -0.25) is 0 Å². The maximum atomic E-state index is 12.8. The van der Waals surface area contributed by atoms with Gasteiger partial charge in [-0.15, -0.1) is 10.2 Å². The molecule has 4 rings (SSSR count). The Morgan fingerprint density at radius 2 is 1.79 bits per heavy atom. The van der Waals surface area contributed by atoms with Crippen LogP contribution in [-0.2, 0) is 22.9 Å². The van der Waals surface area contributed by atoms with E-state index in [0.29, 0.717) is 24.8 Å². The summed E-state index contributed by atoms with van der Waals surface area (Å²) in [5, 5.41) is 8.35. The van der Waals surface area contributed by atoms with Gasteiger partial charge in [-0.1, -0.05) is 30.3 Å². The SMILES string of the molecule is CC1(c2nnc(-c3ccccc3Cc3ccc(C(F)(F)F)cc3)o2)CCCO1. The molecule has 4 nitrogen and oxygen atoms in total. The summed E-state index contributed by atoms with van der Waals surface area (Å²) in [4.78, 5) is 0. The molecule has 1 aromatic heterocycles. The van der Waals surface area contributed by atoms with Gasteiger partial charge in [0, 0.05) is 12.2 Å². The second-order valence-corrected chi connectivity index (χ2v) is 7.12. The minimum absolute atomic E-state index is 0.384. The van der Waals surface area contributed by atoms with Crippen LogP contribution in [0.5, 0.6) is 0 Å². The van der Waals surface area contributed by atoms with Crippen LogP contribution >= 0.6 is 0 Å². The second-order valence-electron chi connectivity index (χ2n) is 7.12. The van der Waals surface area contributed by atoms with Crippen LogP contribution in [0.1, 0.15) is 42.3 Å². The van der Waals surface area contributed by atoms with E-state index in [-0.39, 0.29) is 0 Å². The molecule has 1 unspecified atom stereocenters. The third kappa shape index (κ3) is 3.67. The molecule has 2 aromatic carbocycles. The molecule has 0 aliphatic carbocycles. The van der Waals surface area contributed by atoms with E-state index in [1.807, 2.05) is 31.2 Å². The molecule has 2 heterocycles. The average Bonchev–Trinajstić information content (AvgIpc) is 3.32. The van der Waals surface area contributed by atoms with Crippen molar-refractivity contribution in [1.29, 1.82) is 0 Å². The van der Waals surface area contributed by atoms with Crippen LogP contribution in [0.3, 0.4) is 0 Å². The summed E-state index contributed by atoms with van der Waals surface area (Å²) in [7, 11) is 0. The predicted octanol–water partition coefficient (Wildman–Crippen LogP) is 5.37. The molecule has 3 aromatic rings. The van der Waals surface area contributed by atoms with E-state index in [1.54, 1.807) is 0 Å². The Balaban J connectivity index is 1.60. The lowest BCUT2D eigenvalue weighted by molar-refractivity contribution is -0.137. The first-order valence-electron chi connectivity index (χ1n) is 9.07. The molecule has 1 atom stereocenters. The van der Waals surface area contributed by atoms with E-state index in [2.05, 4.69) is 10.2 Å². The highest BCUT2D eigenvalue weighted by molar-refractivity contribution is 5.59. The molecule has 0 radical (unpaired) electrons. The Bertz CT molecular complexity index is 958. The van der Waals surface area contributed by atoms with E-state index in [0.717, 1.165) is 41.7 Å². The topological polar surface area (TPSA) is 48.2 Å². The quantitative estimate of drug-likeness (QED) is 0.603. The molecule has 28 heavy (non-hydrogen) atoms. The third-order valence-corrected chi connectivity index (χ3v) is 5.02. The minimum atomic E-state index is -4.34. The van der Waals surface area contributed by atoms with Crippen molar-refractivity contribution < 1.29 is 22.3 Å². The number of rotatable bonds is 4. The average molecular weight is 388 g/mol. The summed E-state index contributed by atoms with van der Waals surface area (Å²) >= 11 is 0. The largest absolute Gasteiger partial charge is 0.418 e. The molecule has 0 bridgehead atoms. The highest BCUT2D eigenvalue weighted by Crippen LogP contribution is 2.36. The Kier molecular flexibility index (Phi) is 4.71. The Morgan fingerprint density at radius 1 is 1.04 bits per heavy atom. The molecule has 1 aliphatic rings. The molecule has 146 valence electrons. The zero-order valence-corrected chi connectivity index (χ0v) is 15.3. The fourth-order valence-electron chi connectivity index (χ4n) is 3.41. The van der Waals surface area contributed by atoms with E-state index in [1.165, 1.54) is 12.1 Å². The summed E-state index contributed by atoms with van der Waals surface area (Å²) in [5.41, 5.74) is 1.22. The van der Waals surface area contributed by atoms with Gasteiger partial charge in [0.15, 0.2) is 0 Å². The van der Waals surface area contributed by atoms with Crippen LogP contribution in [-0.4, -0.2) is 16.8 Å². The number of halogens is 3. The van der Waals surface area contributed by atoms with Gasteiger partial charge in [-0.05, 0) is 55.5 Å². The fourth-order valence-corrected chi connectivity index (χ4v) is 3.41. The van der Waals surface area contributed by atoms with Crippen molar-refractivity contribution in [3.05, 3.63) is 71.1 Å². The molecule has 7 heteroatoms. The summed E-state index contributed by atoms with van der Waals surface area (Å²) in [6, 6.07) is 12.7. The smallest absolute Gasteiger partial charge is 0.416 e. The van der Waals surface area contributed by atoms with E-state index >= 15 is 0 Å². The van der Waals surface area contributed by atoms with Crippen molar-refractivity contribution in [1.82, 2.24) is 10.2 Å². The maximum absolute atomic E-state index is 12.8. The van der Waals surface area contributed by atoms with Crippen LogP contribution in [0.2, 0.25) is 0 Å². The summed E-state index contributed by atoms with van der Waals surface area (Å²) in [6.45, 7) is 2.60. The monoisotopic (exact) mass is 388 g/mol. The normalized spacial score (nSPS) is 19.9. The number of benzene rings is 2. The molecule has 0 amide bonds. The fraction of sp³-hybridized carbons (Fsp3) is 0.333. The predicted molar refractivity (Wildman–Crippen MR) is 96.5 cm³/mol. The number of hydrogen-bond acceptors (Lipinski definition) is 4. The van der Waals surface area contributed by atoms with Crippen LogP contribution in [0.4, 0.5) is 13.2 Å². The molecule has 0 N–H and O–H groups in total. The Morgan fingerprint density at radius 3 is 2.46 bits per heavy atom. The number of aromatic nitrogens is 2. The number of hydrogen-bond donors (Lipinski definition) is 0. The molecular weight excluding hydrogens is 369 g/mol. The first kappa shape index (κ1) is 18.7. The van der Waals surface area contributed by atoms with Gasteiger partial charge >= 0.3 is 6.18 Å². The van der Waals surface area contributed by atoms with Crippen molar-refractivity contribution in [2.45, 2.75) is 38.0 Å². The van der Waals surface area contributed by atoms with Gasteiger partial charge in [0.1, 0.15) is 5.60 Å². The molecular formula is C21H19F3N2O2. The van der Waals surface area contributed by atoms with Crippen LogP contribution in [0.15, 0.2) is 52.9 Å². The van der Waals surface area contributed by atoms with E-state index < -0.39 is 17.3 Å². The van der Waals surface area contributed by atoms with E-state index in [4.69, 9.17) is 9.15 Å². The van der Waals surface area contributed by atoms with Crippen molar-refractivity contribution >= 4 is 0 Å². The van der Waals surface area contributed by atoms with Crippen LogP contribution in [0, 0.1) is 0 Å². The van der Waals surface area contributed by atoms with Crippen molar-refractivity contribution in [3.8, 4) is 11.5 Å². The summed E-state index contributed by atoms with van der Waals surface area (Å²) in [5.74, 6) is 0.832. The van der Waals surface area contributed by atoms with Crippen LogP contribution in [0.25, 0.3) is 11.5 Å². The van der Waals surface area contributed by atoms with Gasteiger partial charge in [0.05, 0.1) is 5.56 Å². The lowest BCUT2D eigenvalue weighted by Crippen LogP contribution is -2.20. The van der Waals surface area contributed by atoms with Gasteiger partial charge in [-0.2, -0.15) is 13.2 Å². The zero-order valence-electron chi connectivity index (χ0n) is 15.3. The van der Waals surface area contributed by atoms with Gasteiger partial charge in [0.25, 0.3) is 0 Å². The Labute approximate surface area is 160 Å². The highest BCUT2D eigenvalue weighted by Gasteiger charge is 2.37. The van der Waals surface area contributed by atoms with Crippen molar-refractivity contribution in [2.24, 2.45) is 0 Å². The second kappa shape index (κ2) is 7.05. The van der Waals surface area contributed by atoms with Gasteiger partial charge < -0.3 is 9.15 Å². The lowest BCUT2D eigenvalue weighted by Gasteiger charge is -2.17. The highest BCUT2D eigenvalue weighted by atomic mass is 19.4. The third-order valence-electron chi connectivity index (χ3n) is 5.02. The maximum Gasteiger partial charge on any atom is 0.416 e. The number of ether oxygens (including phenoxy) is 1. The Hall–Kier alpha value is -2.67. The molecule has 1 fully saturated rings. The summed E-state index contributed by atoms with van der Waals surface area (Å²) in [6.07, 6.45) is -2.12. The van der Waals surface area contributed by atoms with Gasteiger partial charge in [0.2, 0.25) is 11.8 Å². The van der Waals surface area contributed by atoms with Gasteiger partial charge in [-0.25, -0.2) is 0 Å². The standard InChI is InChI=1S/C21H19F3N2O2/c1-20(11-4-12-27-20)19-26-25-18(28-19)17-6-3-2-5-15(17)13-14-7-9-16(10-8-14)21(22,23)24/h2-3,5-10H,4,11-13H2,1H3. The molecule has 0 spiro atoms. The first-order chi connectivity index (χ1) is 13.4. The lowest BCUT2D eigenvalue weighted by atomic mass is 9.99. The molecule has 0 saturated carbocycles. The number of nitrogens with zero attached hydrogens (tertiary/aromatic N) is 2. The first-order valence-corrected chi connectivity index (χ1v) is 9.07. The summed E-state index contributed by atoms with van der Waals surface area (Å²) < 4.78 is 49.9. The minimum Gasteiger partial charge on any atom is -0.418 e. The molecule has 1 saturated heterocycles. The van der Waals surface area contributed by atoms with Crippen molar-refractivity contribution in [2.75, 3.05) is 6.61 Å². The number of alkyl halides is 3. The van der Waals surface area contributed by atoms with E-state index in [9.17, 15) is 13.2 Å². The van der Waals surface area contributed by atoms with Crippen molar-refractivity contribution in [3.63, 3.8) is 0 Å². The molecule has 1 aliphatic heterocycles. The zero-order chi connectivity index (χ0) is 19.8.